The van der Waals surface area contributed by atoms with E-state index in [-0.39, 0.29) is 0 Å². The number of aromatic nitrogens is 2. The topological polar surface area (TPSA) is 54.2 Å². The summed E-state index contributed by atoms with van der Waals surface area (Å²) in [5.41, 5.74) is 0. The van der Waals surface area contributed by atoms with Gasteiger partial charge in [0.05, 0.1) is 6.54 Å². The Balaban J connectivity index is 1.36. The Kier molecular flexibility index (Phi) is 4.91. The van der Waals surface area contributed by atoms with Crippen molar-refractivity contribution in [3.05, 3.63) is 11.7 Å². The maximum atomic E-state index is 5.33. The minimum atomic E-state index is 0.559. The minimum absolute atomic E-state index is 0.559. The van der Waals surface area contributed by atoms with Crippen molar-refractivity contribution in [1.29, 1.82) is 0 Å². The Morgan fingerprint density at radius 1 is 1.24 bits per heavy atom. The summed E-state index contributed by atoms with van der Waals surface area (Å²) in [7, 11) is 0. The first-order valence-corrected chi connectivity index (χ1v) is 8.46. The molecule has 21 heavy (non-hydrogen) atoms. The van der Waals surface area contributed by atoms with Gasteiger partial charge in [-0.3, -0.25) is 4.90 Å². The zero-order valence-corrected chi connectivity index (χ0v) is 13.3. The van der Waals surface area contributed by atoms with Gasteiger partial charge in [-0.2, -0.15) is 4.98 Å². The van der Waals surface area contributed by atoms with Gasteiger partial charge in [-0.05, 0) is 63.7 Å². The number of nitrogens with one attached hydrogen (secondary N) is 1. The van der Waals surface area contributed by atoms with Gasteiger partial charge in [0.1, 0.15) is 0 Å². The van der Waals surface area contributed by atoms with Crippen LogP contribution in [-0.2, 0) is 6.54 Å². The third-order valence-corrected chi connectivity index (χ3v) is 4.47. The van der Waals surface area contributed by atoms with Gasteiger partial charge in [0.15, 0.2) is 5.82 Å². The van der Waals surface area contributed by atoms with E-state index in [0.29, 0.717) is 5.92 Å². The molecule has 1 saturated heterocycles. The summed E-state index contributed by atoms with van der Waals surface area (Å²) >= 11 is 0. The maximum absolute atomic E-state index is 5.33. The van der Waals surface area contributed by atoms with Gasteiger partial charge in [-0.1, -0.05) is 19.0 Å². The van der Waals surface area contributed by atoms with Gasteiger partial charge in [-0.15, -0.1) is 0 Å². The normalized spacial score (nSPS) is 21.3. The van der Waals surface area contributed by atoms with E-state index in [1.165, 1.54) is 32.2 Å². The molecule has 118 valence electrons. The van der Waals surface area contributed by atoms with Crippen LogP contribution < -0.4 is 5.32 Å². The highest BCUT2D eigenvalue weighted by atomic mass is 16.5. The zero-order valence-electron chi connectivity index (χ0n) is 13.3. The van der Waals surface area contributed by atoms with Gasteiger partial charge in [-0.25, -0.2) is 0 Å². The number of hydrogen-bond donors (Lipinski definition) is 1. The lowest BCUT2D eigenvalue weighted by molar-refractivity contribution is 0.170. The van der Waals surface area contributed by atoms with E-state index >= 15 is 0 Å². The van der Waals surface area contributed by atoms with Crippen LogP contribution in [0.4, 0.5) is 0 Å². The molecule has 2 aliphatic rings. The molecule has 1 aromatic heterocycles. The van der Waals surface area contributed by atoms with Gasteiger partial charge in [0, 0.05) is 5.92 Å². The molecule has 1 aromatic rings. The third kappa shape index (κ3) is 4.51. The SMILES string of the molecule is CC(C)CNCC1CCN(Cc2noc(C3CC3)n2)CC1. The van der Waals surface area contributed by atoms with Crippen molar-refractivity contribution in [3.63, 3.8) is 0 Å². The molecule has 2 heterocycles. The predicted octanol–water partition coefficient (Wildman–Crippen LogP) is 2.40. The van der Waals surface area contributed by atoms with E-state index in [4.69, 9.17) is 4.52 Å². The maximum Gasteiger partial charge on any atom is 0.229 e. The molecule has 0 amide bonds. The van der Waals surface area contributed by atoms with Gasteiger partial charge >= 0.3 is 0 Å². The molecular weight excluding hydrogens is 264 g/mol. The largest absolute Gasteiger partial charge is 0.339 e. The molecule has 0 unspecified atom stereocenters. The highest BCUT2D eigenvalue weighted by Crippen LogP contribution is 2.38. The number of likely N-dealkylation sites (tertiary alicyclic amines) is 1. The van der Waals surface area contributed by atoms with Crippen LogP contribution in [0.5, 0.6) is 0 Å². The van der Waals surface area contributed by atoms with Crippen LogP contribution in [0.3, 0.4) is 0 Å². The van der Waals surface area contributed by atoms with Crippen molar-refractivity contribution in [2.24, 2.45) is 11.8 Å². The fraction of sp³-hybridized carbons (Fsp3) is 0.875. The first kappa shape index (κ1) is 15.0. The highest BCUT2D eigenvalue weighted by Gasteiger charge is 2.30. The molecule has 0 spiro atoms. The van der Waals surface area contributed by atoms with E-state index in [1.54, 1.807) is 0 Å². The fourth-order valence-electron chi connectivity index (χ4n) is 2.95. The standard InChI is InChI=1S/C16H28N4O/c1-12(2)9-17-10-13-5-7-20(8-6-13)11-15-18-16(21-19-15)14-3-4-14/h12-14,17H,3-11H2,1-2H3. The quantitative estimate of drug-likeness (QED) is 0.836. The summed E-state index contributed by atoms with van der Waals surface area (Å²) in [6.45, 7) is 9.98. The molecule has 1 saturated carbocycles. The summed E-state index contributed by atoms with van der Waals surface area (Å²) in [5, 5.41) is 7.70. The molecule has 3 rings (SSSR count). The molecule has 0 atom stereocenters. The third-order valence-electron chi connectivity index (χ3n) is 4.47. The van der Waals surface area contributed by atoms with Crippen molar-refractivity contribution in [1.82, 2.24) is 20.4 Å². The van der Waals surface area contributed by atoms with Crippen LogP contribution in [0, 0.1) is 11.8 Å². The van der Waals surface area contributed by atoms with Crippen LogP contribution in [0.2, 0.25) is 0 Å². The van der Waals surface area contributed by atoms with Gasteiger partial charge in [0.25, 0.3) is 0 Å². The first-order valence-electron chi connectivity index (χ1n) is 8.46. The van der Waals surface area contributed by atoms with Crippen LogP contribution in [-0.4, -0.2) is 41.2 Å². The first-order chi connectivity index (χ1) is 10.2. The summed E-state index contributed by atoms with van der Waals surface area (Å²) in [4.78, 5) is 6.98. The Bertz CT molecular complexity index is 433. The van der Waals surface area contributed by atoms with Crippen LogP contribution >= 0.6 is 0 Å². The molecule has 5 heteroatoms. The lowest BCUT2D eigenvalue weighted by atomic mass is 9.96. The molecule has 0 aromatic carbocycles. The van der Waals surface area contributed by atoms with E-state index in [2.05, 4.69) is 34.2 Å². The fourth-order valence-corrected chi connectivity index (χ4v) is 2.95. The molecule has 1 aliphatic carbocycles. The smallest absolute Gasteiger partial charge is 0.229 e. The van der Waals surface area contributed by atoms with Crippen LogP contribution in [0.15, 0.2) is 4.52 Å². The number of piperidine rings is 1. The average Bonchev–Trinajstić information content (AvgIpc) is 3.21. The van der Waals surface area contributed by atoms with Crippen molar-refractivity contribution < 1.29 is 4.52 Å². The summed E-state index contributed by atoms with van der Waals surface area (Å²) in [6, 6.07) is 0. The van der Waals surface area contributed by atoms with Crippen molar-refractivity contribution in [3.8, 4) is 0 Å². The Hall–Kier alpha value is -0.940. The van der Waals surface area contributed by atoms with Gasteiger partial charge in [0.2, 0.25) is 5.89 Å². The molecule has 1 N–H and O–H groups in total. The molecule has 5 nitrogen and oxygen atoms in total. The van der Waals surface area contributed by atoms with Crippen molar-refractivity contribution >= 4 is 0 Å². The van der Waals surface area contributed by atoms with E-state index in [9.17, 15) is 0 Å². The Morgan fingerprint density at radius 2 is 2.00 bits per heavy atom. The number of nitrogens with zero attached hydrogens (tertiary/aromatic N) is 3. The van der Waals surface area contributed by atoms with Crippen LogP contribution in [0.1, 0.15) is 57.2 Å². The monoisotopic (exact) mass is 292 g/mol. The summed E-state index contributed by atoms with van der Waals surface area (Å²) < 4.78 is 5.33. The Labute approximate surface area is 127 Å². The van der Waals surface area contributed by atoms with Crippen molar-refractivity contribution in [2.75, 3.05) is 26.2 Å². The van der Waals surface area contributed by atoms with E-state index in [0.717, 1.165) is 49.7 Å². The second-order valence-corrected chi connectivity index (χ2v) is 7.09. The van der Waals surface area contributed by atoms with E-state index < -0.39 is 0 Å². The second-order valence-electron chi connectivity index (χ2n) is 7.09. The average molecular weight is 292 g/mol. The second kappa shape index (κ2) is 6.88. The summed E-state index contributed by atoms with van der Waals surface area (Å²) in [5.74, 6) is 3.85. The number of hydrogen-bond acceptors (Lipinski definition) is 5. The van der Waals surface area contributed by atoms with Crippen molar-refractivity contribution in [2.45, 2.75) is 52.0 Å². The number of rotatable bonds is 7. The lowest BCUT2D eigenvalue weighted by Gasteiger charge is -2.31. The van der Waals surface area contributed by atoms with Crippen LogP contribution in [0.25, 0.3) is 0 Å². The molecule has 1 aliphatic heterocycles. The molecule has 0 radical (unpaired) electrons. The predicted molar refractivity (Wildman–Crippen MR) is 82.0 cm³/mol. The minimum Gasteiger partial charge on any atom is -0.339 e. The molecule has 2 fully saturated rings. The lowest BCUT2D eigenvalue weighted by Crippen LogP contribution is -2.37. The molecular formula is C16H28N4O. The highest BCUT2D eigenvalue weighted by molar-refractivity contribution is 5.01. The van der Waals surface area contributed by atoms with Gasteiger partial charge < -0.3 is 9.84 Å². The summed E-state index contributed by atoms with van der Waals surface area (Å²) in [6.07, 6.45) is 4.99. The molecule has 0 bridgehead atoms. The van der Waals surface area contributed by atoms with E-state index in [1.807, 2.05) is 0 Å². The Morgan fingerprint density at radius 3 is 2.67 bits per heavy atom. The zero-order chi connectivity index (χ0) is 14.7.